The Labute approximate surface area is 237 Å². The Morgan fingerprint density at radius 2 is 1.76 bits per heavy atom. The van der Waals surface area contributed by atoms with E-state index in [2.05, 4.69) is 15.5 Å². The number of aromatic nitrogens is 1. The van der Waals surface area contributed by atoms with Crippen LogP contribution in [0, 0.1) is 6.92 Å². The summed E-state index contributed by atoms with van der Waals surface area (Å²) < 4.78 is 16.7. The van der Waals surface area contributed by atoms with Crippen molar-refractivity contribution in [2.45, 2.75) is 13.8 Å². The molecule has 0 bridgehead atoms. The van der Waals surface area contributed by atoms with E-state index in [1.165, 1.54) is 6.21 Å². The molecule has 0 aliphatic heterocycles. The topological polar surface area (TPSA) is 102 Å². The lowest BCUT2D eigenvalue weighted by molar-refractivity contribution is 0.0728. The molecular formula is C33H29N3O5. The number of benzene rings is 4. The zero-order valence-corrected chi connectivity index (χ0v) is 22.9. The Kier molecular flexibility index (Phi) is 8.10. The van der Waals surface area contributed by atoms with E-state index in [-0.39, 0.29) is 0 Å². The molecule has 8 nitrogen and oxygen atoms in total. The van der Waals surface area contributed by atoms with Crippen molar-refractivity contribution in [2.75, 3.05) is 13.7 Å². The largest absolute Gasteiger partial charge is 0.497 e. The van der Waals surface area contributed by atoms with Crippen LogP contribution in [0.25, 0.3) is 22.0 Å². The Hall–Kier alpha value is -5.37. The van der Waals surface area contributed by atoms with E-state index in [4.69, 9.17) is 14.2 Å². The second-order valence-electron chi connectivity index (χ2n) is 9.25. The monoisotopic (exact) mass is 547 g/mol. The number of aryl methyl sites for hydroxylation is 1. The highest BCUT2D eigenvalue weighted by Crippen LogP contribution is 2.34. The van der Waals surface area contributed by atoms with Gasteiger partial charge in [-0.25, -0.2) is 10.2 Å². The molecule has 1 amide bonds. The van der Waals surface area contributed by atoms with E-state index >= 15 is 0 Å². The van der Waals surface area contributed by atoms with Crippen molar-refractivity contribution < 1.29 is 23.8 Å². The summed E-state index contributed by atoms with van der Waals surface area (Å²) in [5, 5.41) is 5.04. The average molecular weight is 548 g/mol. The molecule has 206 valence electrons. The molecule has 0 saturated heterocycles. The van der Waals surface area contributed by atoms with Gasteiger partial charge in [0.15, 0.2) is 11.5 Å². The number of esters is 1. The maximum absolute atomic E-state index is 13.3. The zero-order valence-electron chi connectivity index (χ0n) is 22.9. The Morgan fingerprint density at radius 3 is 2.51 bits per heavy atom. The van der Waals surface area contributed by atoms with Crippen LogP contribution in [0.3, 0.4) is 0 Å². The maximum Gasteiger partial charge on any atom is 0.343 e. The van der Waals surface area contributed by atoms with Gasteiger partial charge in [-0.1, -0.05) is 48.0 Å². The number of hydrazone groups is 1. The molecule has 8 heteroatoms. The zero-order chi connectivity index (χ0) is 28.8. The normalized spacial score (nSPS) is 11.0. The minimum Gasteiger partial charge on any atom is -0.497 e. The first-order chi connectivity index (χ1) is 20.0. The lowest BCUT2D eigenvalue weighted by Crippen LogP contribution is -2.18. The molecular weight excluding hydrogens is 518 g/mol. The van der Waals surface area contributed by atoms with Crippen LogP contribution in [0.2, 0.25) is 0 Å². The van der Waals surface area contributed by atoms with Gasteiger partial charge in [0.1, 0.15) is 11.4 Å². The summed E-state index contributed by atoms with van der Waals surface area (Å²) in [5.74, 6) is 0.495. The molecule has 0 saturated carbocycles. The number of nitrogens with zero attached hydrogens (tertiary/aromatic N) is 1. The van der Waals surface area contributed by atoms with Gasteiger partial charge in [0.2, 0.25) is 0 Å². The van der Waals surface area contributed by atoms with Crippen LogP contribution in [-0.4, -0.2) is 36.8 Å². The number of fused-ring (bicyclic) bond motifs is 1. The molecule has 1 heterocycles. The summed E-state index contributed by atoms with van der Waals surface area (Å²) in [6.07, 6.45) is 1.50. The van der Waals surface area contributed by atoms with Gasteiger partial charge in [0, 0.05) is 16.5 Å². The van der Waals surface area contributed by atoms with E-state index < -0.39 is 11.9 Å². The fourth-order valence-corrected chi connectivity index (χ4v) is 4.48. The van der Waals surface area contributed by atoms with E-state index in [1.807, 2.05) is 68.4 Å². The summed E-state index contributed by atoms with van der Waals surface area (Å²) in [7, 11) is 1.61. The minimum absolute atomic E-state index is 0.292. The van der Waals surface area contributed by atoms with Gasteiger partial charge in [0.05, 0.1) is 25.5 Å². The number of methoxy groups -OCH3 is 1. The smallest absolute Gasteiger partial charge is 0.343 e. The van der Waals surface area contributed by atoms with Crippen LogP contribution in [0.4, 0.5) is 0 Å². The fraction of sp³-hybridized carbons (Fsp3) is 0.121. The number of hydrogen-bond acceptors (Lipinski definition) is 6. The van der Waals surface area contributed by atoms with Crippen molar-refractivity contribution in [2.24, 2.45) is 5.10 Å². The molecule has 5 aromatic rings. The number of rotatable bonds is 9. The molecule has 0 atom stereocenters. The molecule has 41 heavy (non-hydrogen) atoms. The van der Waals surface area contributed by atoms with Crippen molar-refractivity contribution in [3.05, 3.63) is 113 Å². The third-order valence-electron chi connectivity index (χ3n) is 6.40. The van der Waals surface area contributed by atoms with Crippen LogP contribution < -0.4 is 19.6 Å². The Morgan fingerprint density at radius 1 is 0.927 bits per heavy atom. The molecule has 0 fully saturated rings. The van der Waals surface area contributed by atoms with Crippen molar-refractivity contribution in [3.8, 4) is 28.4 Å². The molecule has 0 spiro atoms. The van der Waals surface area contributed by atoms with E-state index in [1.54, 1.807) is 43.5 Å². The van der Waals surface area contributed by atoms with Crippen molar-refractivity contribution >= 4 is 29.0 Å². The third kappa shape index (κ3) is 6.12. The summed E-state index contributed by atoms with van der Waals surface area (Å²) >= 11 is 0. The molecule has 5 rings (SSSR count). The van der Waals surface area contributed by atoms with Gasteiger partial charge in [-0.2, -0.15) is 5.10 Å². The quantitative estimate of drug-likeness (QED) is 0.0945. The van der Waals surface area contributed by atoms with Crippen LogP contribution >= 0.6 is 0 Å². The van der Waals surface area contributed by atoms with Crippen molar-refractivity contribution in [1.82, 2.24) is 10.4 Å². The molecule has 0 aliphatic rings. The summed E-state index contributed by atoms with van der Waals surface area (Å²) in [6.45, 7) is 4.13. The first kappa shape index (κ1) is 27.2. The highest BCUT2D eigenvalue weighted by atomic mass is 16.6. The number of carbonyl (C=O) groups excluding carboxylic acids is 2. The molecule has 4 aromatic carbocycles. The summed E-state index contributed by atoms with van der Waals surface area (Å²) in [5.41, 5.74) is 7.49. The third-order valence-corrected chi connectivity index (χ3v) is 6.40. The lowest BCUT2D eigenvalue weighted by Gasteiger charge is -2.11. The van der Waals surface area contributed by atoms with Gasteiger partial charge in [0.25, 0.3) is 5.91 Å². The van der Waals surface area contributed by atoms with Gasteiger partial charge in [-0.3, -0.25) is 4.79 Å². The molecule has 0 radical (unpaired) electrons. The summed E-state index contributed by atoms with van der Waals surface area (Å²) in [4.78, 5) is 29.2. The predicted molar refractivity (Wildman–Crippen MR) is 159 cm³/mol. The SMILES string of the molecule is CCOc1cc(C=NNC(=O)c2[nH]c3ccc(OC)cc3c2-c2ccccc2)ccc1OC(=O)c1cccc(C)c1. The lowest BCUT2D eigenvalue weighted by atomic mass is 10.0. The standard InChI is InChI=1S/C33H29N3O5/c1-4-40-29-18-22(13-16-28(29)41-33(38)24-12-8-9-21(2)17-24)20-34-36-32(37)31-30(23-10-6-5-7-11-23)26-19-25(39-3)14-15-27(26)35-31/h5-20,35H,4H2,1-3H3,(H,36,37). The number of nitrogens with one attached hydrogen (secondary N) is 2. The highest BCUT2D eigenvalue weighted by molar-refractivity contribution is 6.10. The first-order valence-electron chi connectivity index (χ1n) is 13.1. The maximum atomic E-state index is 13.3. The second-order valence-corrected chi connectivity index (χ2v) is 9.25. The van der Waals surface area contributed by atoms with Crippen LogP contribution in [-0.2, 0) is 0 Å². The number of H-pyrrole nitrogens is 1. The number of hydrogen-bond donors (Lipinski definition) is 2. The summed E-state index contributed by atoms with van der Waals surface area (Å²) in [6, 6.07) is 27.5. The Balaban J connectivity index is 1.37. The van der Waals surface area contributed by atoms with E-state index in [0.29, 0.717) is 40.7 Å². The van der Waals surface area contributed by atoms with Crippen molar-refractivity contribution in [1.29, 1.82) is 0 Å². The number of aromatic amines is 1. The average Bonchev–Trinajstić information content (AvgIpc) is 3.38. The van der Waals surface area contributed by atoms with Gasteiger partial charge in [-0.15, -0.1) is 0 Å². The Bertz CT molecular complexity index is 1740. The molecule has 0 unspecified atom stereocenters. The molecule has 1 aromatic heterocycles. The predicted octanol–water partition coefficient (Wildman–Crippen LogP) is 6.53. The number of carbonyl (C=O) groups is 2. The van der Waals surface area contributed by atoms with Crippen molar-refractivity contribution in [3.63, 3.8) is 0 Å². The van der Waals surface area contributed by atoms with E-state index in [9.17, 15) is 9.59 Å². The fourth-order valence-electron chi connectivity index (χ4n) is 4.48. The van der Waals surface area contributed by atoms with Gasteiger partial charge < -0.3 is 19.2 Å². The number of amides is 1. The van der Waals surface area contributed by atoms with Gasteiger partial charge >= 0.3 is 5.97 Å². The molecule has 0 aliphatic carbocycles. The first-order valence-corrected chi connectivity index (χ1v) is 13.1. The van der Waals surface area contributed by atoms with Gasteiger partial charge in [-0.05, 0) is 73.5 Å². The highest BCUT2D eigenvalue weighted by Gasteiger charge is 2.20. The van der Waals surface area contributed by atoms with E-state index in [0.717, 1.165) is 27.6 Å². The number of ether oxygens (including phenoxy) is 3. The minimum atomic E-state index is -0.478. The second kappa shape index (κ2) is 12.2. The van der Waals surface area contributed by atoms with Crippen LogP contribution in [0.5, 0.6) is 17.2 Å². The molecule has 2 N–H and O–H groups in total. The van der Waals surface area contributed by atoms with Crippen LogP contribution in [0.15, 0.2) is 96.1 Å². The van der Waals surface area contributed by atoms with Crippen LogP contribution in [0.1, 0.15) is 38.9 Å².